The zero-order valence-corrected chi connectivity index (χ0v) is 13.6. The van der Waals surface area contributed by atoms with Gasteiger partial charge in [-0.05, 0) is 38.0 Å². The molecule has 2 amide bonds. The molecule has 0 aliphatic carbocycles. The molecule has 3 rings (SSSR count). The summed E-state index contributed by atoms with van der Waals surface area (Å²) in [6, 6.07) is 5.20. The second-order valence-corrected chi connectivity index (χ2v) is 6.41. The van der Waals surface area contributed by atoms with E-state index in [4.69, 9.17) is 21.1 Å². The average Bonchev–Trinajstić information content (AvgIpc) is 3.02. The molecule has 2 heterocycles. The van der Waals surface area contributed by atoms with Crippen LogP contribution in [0.4, 0.5) is 0 Å². The quantitative estimate of drug-likeness (QED) is 0.853. The van der Waals surface area contributed by atoms with Gasteiger partial charge in [0.25, 0.3) is 5.91 Å². The molecule has 1 atom stereocenters. The van der Waals surface area contributed by atoms with Crippen LogP contribution in [0.2, 0.25) is 0 Å². The van der Waals surface area contributed by atoms with Gasteiger partial charge in [0, 0.05) is 24.7 Å². The van der Waals surface area contributed by atoms with E-state index in [0.29, 0.717) is 30.2 Å². The van der Waals surface area contributed by atoms with Crippen molar-refractivity contribution >= 4 is 23.4 Å². The van der Waals surface area contributed by atoms with E-state index in [1.165, 1.54) is 0 Å². The van der Waals surface area contributed by atoms with Crippen molar-refractivity contribution in [3.63, 3.8) is 0 Å². The van der Waals surface area contributed by atoms with Crippen LogP contribution in [0.1, 0.15) is 30.1 Å². The molecule has 1 N–H and O–H groups in total. The Bertz CT molecular complexity index is 612. The minimum Gasteiger partial charge on any atom is -0.454 e. The van der Waals surface area contributed by atoms with E-state index in [-0.39, 0.29) is 24.6 Å². The van der Waals surface area contributed by atoms with E-state index in [2.05, 4.69) is 5.32 Å². The lowest BCUT2D eigenvalue weighted by molar-refractivity contribution is -0.131. The summed E-state index contributed by atoms with van der Waals surface area (Å²) in [5.41, 5.74) is 0.544. The number of benzene rings is 1. The summed E-state index contributed by atoms with van der Waals surface area (Å²) in [4.78, 5) is 25.9. The first-order chi connectivity index (χ1) is 11.0. The number of alkyl halides is 1. The highest BCUT2D eigenvalue weighted by Crippen LogP contribution is 2.32. The highest BCUT2D eigenvalue weighted by molar-refractivity contribution is 6.30. The SMILES string of the molecule is CC(Cl)C(=O)N1CCC(NC(=O)c2ccc3c(c2)OCO3)CC1. The highest BCUT2D eigenvalue weighted by Gasteiger charge is 2.26. The smallest absolute Gasteiger partial charge is 0.251 e. The summed E-state index contributed by atoms with van der Waals surface area (Å²) < 4.78 is 10.5. The number of amides is 2. The van der Waals surface area contributed by atoms with Crippen LogP contribution in [0.15, 0.2) is 18.2 Å². The fourth-order valence-electron chi connectivity index (χ4n) is 2.80. The largest absolute Gasteiger partial charge is 0.454 e. The number of fused-ring (bicyclic) bond motifs is 1. The fraction of sp³-hybridized carbons (Fsp3) is 0.500. The number of nitrogens with zero attached hydrogens (tertiary/aromatic N) is 1. The first-order valence-electron chi connectivity index (χ1n) is 7.68. The maximum atomic E-state index is 12.3. The maximum absolute atomic E-state index is 12.3. The van der Waals surface area contributed by atoms with Crippen molar-refractivity contribution in [2.45, 2.75) is 31.2 Å². The number of carbonyl (C=O) groups is 2. The van der Waals surface area contributed by atoms with E-state index >= 15 is 0 Å². The van der Waals surface area contributed by atoms with Crippen LogP contribution in [0.5, 0.6) is 11.5 Å². The molecule has 1 saturated heterocycles. The standard InChI is InChI=1S/C16H19ClN2O4/c1-10(17)16(21)19-6-4-12(5-7-19)18-15(20)11-2-3-13-14(8-11)23-9-22-13/h2-3,8,10,12H,4-7,9H2,1H3,(H,18,20). The van der Waals surface area contributed by atoms with Gasteiger partial charge in [0.2, 0.25) is 12.7 Å². The number of hydrogen-bond donors (Lipinski definition) is 1. The second kappa shape index (κ2) is 6.66. The topological polar surface area (TPSA) is 67.9 Å². The summed E-state index contributed by atoms with van der Waals surface area (Å²) in [6.45, 7) is 3.09. The van der Waals surface area contributed by atoms with Crippen molar-refractivity contribution in [2.75, 3.05) is 19.9 Å². The molecule has 0 bridgehead atoms. The van der Waals surface area contributed by atoms with Gasteiger partial charge in [-0.25, -0.2) is 0 Å². The average molecular weight is 339 g/mol. The number of likely N-dealkylation sites (tertiary alicyclic amines) is 1. The second-order valence-electron chi connectivity index (χ2n) is 5.76. The summed E-state index contributed by atoms with van der Waals surface area (Å²) in [7, 11) is 0. The zero-order valence-electron chi connectivity index (χ0n) is 12.9. The van der Waals surface area contributed by atoms with Crippen LogP contribution >= 0.6 is 11.6 Å². The minimum absolute atomic E-state index is 0.0489. The number of rotatable bonds is 3. The maximum Gasteiger partial charge on any atom is 0.251 e. The third-order valence-electron chi connectivity index (χ3n) is 4.12. The van der Waals surface area contributed by atoms with Gasteiger partial charge in [-0.15, -0.1) is 11.6 Å². The van der Waals surface area contributed by atoms with Crippen molar-refractivity contribution in [1.82, 2.24) is 10.2 Å². The normalized spacial score (nSPS) is 18.6. The molecule has 1 aromatic carbocycles. The summed E-state index contributed by atoms with van der Waals surface area (Å²) in [5, 5.41) is 2.50. The van der Waals surface area contributed by atoms with E-state index in [1.54, 1.807) is 30.0 Å². The molecule has 2 aliphatic rings. The van der Waals surface area contributed by atoms with Gasteiger partial charge >= 0.3 is 0 Å². The lowest BCUT2D eigenvalue weighted by atomic mass is 10.0. The molecule has 0 saturated carbocycles. The molecule has 124 valence electrons. The van der Waals surface area contributed by atoms with E-state index in [0.717, 1.165) is 12.8 Å². The molecular weight excluding hydrogens is 320 g/mol. The number of piperidine rings is 1. The zero-order chi connectivity index (χ0) is 16.4. The monoisotopic (exact) mass is 338 g/mol. The number of carbonyl (C=O) groups excluding carboxylic acids is 2. The Morgan fingerprint density at radius 2 is 1.96 bits per heavy atom. The summed E-state index contributed by atoms with van der Waals surface area (Å²) in [5.74, 6) is 1.06. The van der Waals surface area contributed by atoms with Crippen LogP contribution in [0.3, 0.4) is 0 Å². The molecule has 7 heteroatoms. The Morgan fingerprint density at radius 3 is 2.65 bits per heavy atom. The molecule has 0 spiro atoms. The number of halogens is 1. The van der Waals surface area contributed by atoms with Gasteiger partial charge in [0.15, 0.2) is 11.5 Å². The van der Waals surface area contributed by atoms with Crippen LogP contribution in [-0.4, -0.2) is 48.0 Å². The first-order valence-corrected chi connectivity index (χ1v) is 8.11. The minimum atomic E-state index is -0.505. The molecule has 2 aliphatic heterocycles. The lowest BCUT2D eigenvalue weighted by Gasteiger charge is -2.33. The van der Waals surface area contributed by atoms with Crippen molar-refractivity contribution < 1.29 is 19.1 Å². The van der Waals surface area contributed by atoms with Crippen LogP contribution in [-0.2, 0) is 4.79 Å². The van der Waals surface area contributed by atoms with Gasteiger partial charge in [-0.2, -0.15) is 0 Å². The Labute approximate surface area is 139 Å². The van der Waals surface area contributed by atoms with Crippen molar-refractivity contribution in [2.24, 2.45) is 0 Å². The van der Waals surface area contributed by atoms with E-state index in [1.807, 2.05) is 0 Å². The van der Waals surface area contributed by atoms with Crippen molar-refractivity contribution in [3.8, 4) is 11.5 Å². The predicted molar refractivity (Wildman–Crippen MR) is 84.9 cm³/mol. The highest BCUT2D eigenvalue weighted by atomic mass is 35.5. The van der Waals surface area contributed by atoms with E-state index < -0.39 is 5.38 Å². The molecule has 6 nitrogen and oxygen atoms in total. The Morgan fingerprint density at radius 1 is 1.26 bits per heavy atom. The number of hydrogen-bond acceptors (Lipinski definition) is 4. The Kier molecular flexibility index (Phi) is 4.61. The lowest BCUT2D eigenvalue weighted by Crippen LogP contribution is -2.48. The van der Waals surface area contributed by atoms with Gasteiger partial charge in [0.1, 0.15) is 5.38 Å². The predicted octanol–water partition coefficient (Wildman–Crippen LogP) is 1.76. The summed E-state index contributed by atoms with van der Waals surface area (Å²) in [6.07, 6.45) is 1.46. The van der Waals surface area contributed by atoms with Gasteiger partial charge in [-0.3, -0.25) is 9.59 Å². The number of ether oxygens (including phenoxy) is 2. The fourth-order valence-corrected chi connectivity index (χ4v) is 2.94. The molecular formula is C16H19ClN2O4. The van der Waals surface area contributed by atoms with E-state index in [9.17, 15) is 9.59 Å². The molecule has 1 aromatic rings. The summed E-state index contributed by atoms with van der Waals surface area (Å²) >= 11 is 5.83. The van der Waals surface area contributed by atoms with Gasteiger partial charge in [0.05, 0.1) is 0 Å². The van der Waals surface area contributed by atoms with Crippen LogP contribution in [0, 0.1) is 0 Å². The number of nitrogens with one attached hydrogen (secondary N) is 1. The molecule has 0 radical (unpaired) electrons. The molecule has 23 heavy (non-hydrogen) atoms. The Balaban J connectivity index is 1.54. The van der Waals surface area contributed by atoms with Crippen LogP contribution in [0.25, 0.3) is 0 Å². The molecule has 1 fully saturated rings. The Hall–Kier alpha value is -1.95. The van der Waals surface area contributed by atoms with Gasteiger partial charge < -0.3 is 19.7 Å². The van der Waals surface area contributed by atoms with Gasteiger partial charge in [-0.1, -0.05) is 0 Å². The third-order valence-corrected chi connectivity index (χ3v) is 4.30. The van der Waals surface area contributed by atoms with Crippen LogP contribution < -0.4 is 14.8 Å². The molecule has 1 unspecified atom stereocenters. The molecule has 0 aromatic heterocycles. The van der Waals surface area contributed by atoms with Crippen molar-refractivity contribution in [3.05, 3.63) is 23.8 Å². The third kappa shape index (κ3) is 3.52. The van der Waals surface area contributed by atoms with Crippen molar-refractivity contribution in [1.29, 1.82) is 0 Å². The first kappa shape index (κ1) is 15.9.